The summed E-state index contributed by atoms with van der Waals surface area (Å²) < 4.78 is 0. The molecule has 0 saturated heterocycles. The number of carbonyl (C=O) groups excluding carboxylic acids is 1. The van der Waals surface area contributed by atoms with Crippen LogP contribution < -0.4 is 10.6 Å². The first kappa shape index (κ1) is 16.4. The molecule has 1 rings (SSSR count). The van der Waals surface area contributed by atoms with Crippen LogP contribution in [0.15, 0.2) is 0 Å². The highest BCUT2D eigenvalue weighted by Crippen LogP contribution is 2.38. The van der Waals surface area contributed by atoms with Gasteiger partial charge < -0.3 is 15.7 Å². The zero-order valence-corrected chi connectivity index (χ0v) is 12.2. The Kier molecular flexibility index (Phi) is 5.87. The van der Waals surface area contributed by atoms with Crippen LogP contribution in [0.3, 0.4) is 0 Å². The lowest BCUT2D eigenvalue weighted by atomic mass is 9.67. The highest BCUT2D eigenvalue weighted by molar-refractivity contribution is 5.87. The summed E-state index contributed by atoms with van der Waals surface area (Å²) in [5.74, 6) is 1.38. The monoisotopic (exact) mass is 280 g/mol. The Morgan fingerprint density at radius 3 is 2.45 bits per heavy atom. The lowest BCUT2D eigenvalue weighted by Gasteiger charge is -2.44. The molecule has 112 valence electrons. The van der Waals surface area contributed by atoms with E-state index in [9.17, 15) is 14.7 Å². The van der Waals surface area contributed by atoms with Crippen molar-refractivity contribution in [3.63, 3.8) is 0 Å². The van der Waals surface area contributed by atoms with E-state index in [1.807, 2.05) is 13.8 Å². The lowest BCUT2D eigenvalue weighted by Crippen LogP contribution is -2.65. The number of hydrogen-bond acceptors (Lipinski definition) is 2. The van der Waals surface area contributed by atoms with E-state index in [1.165, 1.54) is 0 Å². The van der Waals surface area contributed by atoms with Crippen LogP contribution in [0.2, 0.25) is 0 Å². The maximum absolute atomic E-state index is 11.9. The molecule has 1 aliphatic rings. The SMILES string of the molecule is C#CCCCNC(=O)NC1(C(=O)O)C(C)CCCC1C. The number of carboxylic acids is 1. The minimum atomic E-state index is -1.17. The van der Waals surface area contributed by atoms with Crippen molar-refractivity contribution in [3.8, 4) is 12.3 Å². The van der Waals surface area contributed by atoms with Crippen molar-refractivity contribution in [1.82, 2.24) is 10.6 Å². The topological polar surface area (TPSA) is 78.4 Å². The van der Waals surface area contributed by atoms with Crippen LogP contribution in [-0.4, -0.2) is 29.2 Å². The number of nitrogens with one attached hydrogen (secondary N) is 2. The molecule has 0 aromatic heterocycles. The van der Waals surface area contributed by atoms with E-state index < -0.39 is 17.5 Å². The molecular weight excluding hydrogens is 256 g/mol. The predicted octanol–water partition coefficient (Wildman–Crippen LogP) is 1.98. The summed E-state index contributed by atoms with van der Waals surface area (Å²) in [5, 5.41) is 15.0. The average molecular weight is 280 g/mol. The van der Waals surface area contributed by atoms with Gasteiger partial charge in [-0.2, -0.15) is 0 Å². The number of hydrogen-bond donors (Lipinski definition) is 3. The second-order valence-corrected chi connectivity index (χ2v) is 5.60. The summed E-state index contributed by atoms with van der Waals surface area (Å²) >= 11 is 0. The third-order valence-electron chi connectivity index (χ3n) is 4.29. The second kappa shape index (κ2) is 7.18. The molecule has 5 heteroatoms. The number of carboxylic acid groups (broad SMARTS) is 1. The summed E-state index contributed by atoms with van der Waals surface area (Å²) in [6.45, 7) is 4.24. The molecule has 1 aliphatic carbocycles. The molecule has 20 heavy (non-hydrogen) atoms. The molecule has 5 nitrogen and oxygen atoms in total. The third kappa shape index (κ3) is 3.44. The summed E-state index contributed by atoms with van der Waals surface area (Å²) in [6, 6.07) is -0.426. The molecule has 0 radical (unpaired) electrons. The van der Waals surface area contributed by atoms with Gasteiger partial charge in [0.25, 0.3) is 0 Å². The lowest BCUT2D eigenvalue weighted by molar-refractivity contribution is -0.151. The maximum atomic E-state index is 11.9. The van der Waals surface area contributed by atoms with E-state index >= 15 is 0 Å². The maximum Gasteiger partial charge on any atom is 0.330 e. The van der Waals surface area contributed by atoms with Gasteiger partial charge in [-0.05, 0) is 31.1 Å². The first-order valence-corrected chi connectivity index (χ1v) is 7.18. The van der Waals surface area contributed by atoms with Crippen molar-refractivity contribution in [2.75, 3.05) is 6.54 Å². The molecular formula is C15H24N2O3. The van der Waals surface area contributed by atoms with Crippen LogP contribution in [0.5, 0.6) is 0 Å². The largest absolute Gasteiger partial charge is 0.479 e. The zero-order chi connectivity index (χ0) is 15.2. The van der Waals surface area contributed by atoms with Crippen LogP contribution in [0.25, 0.3) is 0 Å². The summed E-state index contributed by atoms with van der Waals surface area (Å²) in [6.07, 6.45) is 9.05. The molecule has 0 aromatic rings. The van der Waals surface area contributed by atoms with Gasteiger partial charge in [-0.3, -0.25) is 0 Å². The van der Waals surface area contributed by atoms with Crippen LogP contribution in [0, 0.1) is 24.2 Å². The standard InChI is InChI=1S/C15H24N2O3/c1-4-5-6-10-16-14(20)17-15(13(18)19)11(2)8-7-9-12(15)3/h1,11-12H,5-10H2,2-3H3,(H,18,19)(H2,16,17,20). The normalized spacial score (nSPS) is 29.2. The van der Waals surface area contributed by atoms with Gasteiger partial charge in [0.05, 0.1) is 0 Å². The number of aliphatic carboxylic acids is 1. The fraction of sp³-hybridized carbons (Fsp3) is 0.733. The number of carbonyl (C=O) groups is 2. The molecule has 0 aliphatic heterocycles. The van der Waals surface area contributed by atoms with Gasteiger partial charge >= 0.3 is 12.0 Å². The summed E-state index contributed by atoms with van der Waals surface area (Å²) in [7, 11) is 0. The number of urea groups is 1. The Labute approximate surface area is 120 Å². The van der Waals surface area contributed by atoms with E-state index in [1.54, 1.807) is 0 Å². The molecule has 0 bridgehead atoms. The van der Waals surface area contributed by atoms with E-state index in [-0.39, 0.29) is 11.8 Å². The highest BCUT2D eigenvalue weighted by Gasteiger charge is 2.51. The van der Waals surface area contributed by atoms with Gasteiger partial charge in [-0.15, -0.1) is 12.3 Å². The zero-order valence-electron chi connectivity index (χ0n) is 12.2. The number of unbranched alkanes of at least 4 members (excludes halogenated alkanes) is 1. The van der Waals surface area contributed by atoms with Crippen molar-refractivity contribution in [1.29, 1.82) is 0 Å². The quantitative estimate of drug-likeness (QED) is 0.532. The van der Waals surface area contributed by atoms with Crippen LogP contribution in [0.1, 0.15) is 46.0 Å². The van der Waals surface area contributed by atoms with E-state index in [2.05, 4.69) is 16.6 Å². The number of rotatable bonds is 5. The summed E-state index contributed by atoms with van der Waals surface area (Å²) in [5.41, 5.74) is -1.17. The first-order chi connectivity index (χ1) is 9.45. The van der Waals surface area contributed by atoms with Crippen molar-refractivity contribution in [3.05, 3.63) is 0 Å². The fourth-order valence-electron chi connectivity index (χ4n) is 3.02. The van der Waals surface area contributed by atoms with Crippen LogP contribution in [0.4, 0.5) is 4.79 Å². The van der Waals surface area contributed by atoms with E-state index in [0.29, 0.717) is 19.4 Å². The Morgan fingerprint density at radius 1 is 1.35 bits per heavy atom. The van der Waals surface area contributed by atoms with E-state index in [0.717, 1.165) is 19.3 Å². The van der Waals surface area contributed by atoms with Gasteiger partial charge in [0.1, 0.15) is 5.54 Å². The Hall–Kier alpha value is -1.70. The summed E-state index contributed by atoms with van der Waals surface area (Å²) in [4.78, 5) is 23.7. The van der Waals surface area contributed by atoms with Crippen LogP contribution in [-0.2, 0) is 4.79 Å². The molecule has 0 heterocycles. The molecule has 0 spiro atoms. The van der Waals surface area contributed by atoms with Gasteiger partial charge in [-0.25, -0.2) is 9.59 Å². The Morgan fingerprint density at radius 2 is 1.95 bits per heavy atom. The first-order valence-electron chi connectivity index (χ1n) is 7.18. The molecule has 3 N–H and O–H groups in total. The van der Waals surface area contributed by atoms with Gasteiger partial charge in [0.15, 0.2) is 0 Å². The molecule has 1 fully saturated rings. The predicted molar refractivity (Wildman–Crippen MR) is 77.1 cm³/mol. The van der Waals surface area contributed by atoms with Crippen molar-refractivity contribution in [2.24, 2.45) is 11.8 Å². The van der Waals surface area contributed by atoms with Crippen molar-refractivity contribution in [2.45, 2.75) is 51.5 Å². The molecule has 1 saturated carbocycles. The van der Waals surface area contributed by atoms with Gasteiger partial charge in [-0.1, -0.05) is 20.3 Å². The van der Waals surface area contributed by atoms with Gasteiger partial charge in [0.2, 0.25) is 0 Å². The minimum absolute atomic E-state index is 0.0831. The molecule has 0 aromatic carbocycles. The molecule has 2 unspecified atom stereocenters. The van der Waals surface area contributed by atoms with Crippen LogP contribution >= 0.6 is 0 Å². The van der Waals surface area contributed by atoms with E-state index in [4.69, 9.17) is 6.42 Å². The third-order valence-corrected chi connectivity index (χ3v) is 4.29. The van der Waals surface area contributed by atoms with Gasteiger partial charge in [0, 0.05) is 13.0 Å². The fourth-order valence-corrected chi connectivity index (χ4v) is 3.02. The minimum Gasteiger partial charge on any atom is -0.479 e. The highest BCUT2D eigenvalue weighted by atomic mass is 16.4. The number of terminal acetylenes is 1. The molecule has 2 amide bonds. The van der Waals surface area contributed by atoms with Crippen molar-refractivity contribution < 1.29 is 14.7 Å². The molecule has 2 atom stereocenters. The Bertz CT molecular complexity index is 390. The second-order valence-electron chi connectivity index (χ2n) is 5.60. The Balaban J connectivity index is 2.69. The number of amides is 2. The van der Waals surface area contributed by atoms with Crippen molar-refractivity contribution >= 4 is 12.0 Å². The average Bonchev–Trinajstić information content (AvgIpc) is 2.39. The smallest absolute Gasteiger partial charge is 0.330 e.